The molecule has 4 heteroatoms. The number of hydrogen-bond donors (Lipinski definition) is 2. The summed E-state index contributed by atoms with van der Waals surface area (Å²) in [4.78, 5) is 12.1. The molecule has 0 aliphatic carbocycles. The van der Waals surface area contributed by atoms with Crippen molar-refractivity contribution >= 4 is 17.3 Å². The minimum atomic E-state index is 0.0212. The molecule has 1 unspecified atom stereocenters. The van der Waals surface area contributed by atoms with E-state index in [1.54, 1.807) is 25.3 Å². The van der Waals surface area contributed by atoms with Gasteiger partial charge in [-0.25, -0.2) is 0 Å². The van der Waals surface area contributed by atoms with Gasteiger partial charge in [-0.2, -0.15) is 0 Å². The van der Waals surface area contributed by atoms with Crippen molar-refractivity contribution in [2.24, 2.45) is 5.92 Å². The lowest BCUT2D eigenvalue weighted by molar-refractivity contribution is -0.117. The lowest BCUT2D eigenvalue weighted by Crippen LogP contribution is -2.17. The van der Waals surface area contributed by atoms with Gasteiger partial charge in [-0.3, -0.25) is 4.79 Å². The highest BCUT2D eigenvalue weighted by Gasteiger charge is 2.13. The normalized spacial score (nSPS) is 11.9. The number of ether oxygens (including phenoxy) is 1. The van der Waals surface area contributed by atoms with Crippen molar-refractivity contribution in [1.82, 2.24) is 0 Å². The number of hydrogen-bond acceptors (Lipinski definition) is 3. The maximum absolute atomic E-state index is 12.1. The third-order valence-corrected chi connectivity index (χ3v) is 3.55. The average molecular weight is 278 g/mol. The topological polar surface area (TPSA) is 64.3 Å². The molecule has 0 spiro atoms. The largest absolute Gasteiger partial charge is 0.497 e. The summed E-state index contributed by atoms with van der Waals surface area (Å²) in [6.07, 6.45) is 5.02. The number of amides is 1. The van der Waals surface area contributed by atoms with Crippen LogP contribution in [0, 0.1) is 5.92 Å². The van der Waals surface area contributed by atoms with Crippen molar-refractivity contribution in [1.29, 1.82) is 0 Å². The number of unbranched alkanes of at least 4 members (excludes halogenated alkanes) is 1. The number of nitrogens with one attached hydrogen (secondary N) is 1. The molecule has 0 radical (unpaired) electrons. The van der Waals surface area contributed by atoms with E-state index in [0.717, 1.165) is 12.8 Å². The van der Waals surface area contributed by atoms with E-state index in [-0.39, 0.29) is 5.91 Å². The van der Waals surface area contributed by atoms with Crippen LogP contribution >= 0.6 is 0 Å². The summed E-state index contributed by atoms with van der Waals surface area (Å²) < 4.78 is 5.14. The summed E-state index contributed by atoms with van der Waals surface area (Å²) in [5.41, 5.74) is 7.05. The molecular formula is C16H26N2O2. The van der Waals surface area contributed by atoms with Gasteiger partial charge in [0.15, 0.2) is 0 Å². The summed E-state index contributed by atoms with van der Waals surface area (Å²) >= 11 is 0. The maximum atomic E-state index is 12.1. The Morgan fingerprint density at radius 2 is 2.15 bits per heavy atom. The van der Waals surface area contributed by atoms with Crippen LogP contribution in [0.5, 0.6) is 5.75 Å². The van der Waals surface area contributed by atoms with Crippen LogP contribution in [0.25, 0.3) is 0 Å². The third-order valence-electron chi connectivity index (χ3n) is 3.55. The Hall–Kier alpha value is -1.71. The van der Waals surface area contributed by atoms with Crippen molar-refractivity contribution < 1.29 is 9.53 Å². The van der Waals surface area contributed by atoms with Gasteiger partial charge in [0.25, 0.3) is 0 Å². The van der Waals surface area contributed by atoms with E-state index in [2.05, 4.69) is 19.2 Å². The Morgan fingerprint density at radius 1 is 1.40 bits per heavy atom. The zero-order valence-electron chi connectivity index (χ0n) is 12.7. The first-order valence-corrected chi connectivity index (χ1v) is 7.34. The highest BCUT2D eigenvalue weighted by atomic mass is 16.5. The van der Waals surface area contributed by atoms with Crippen LogP contribution in [0.1, 0.15) is 46.0 Å². The molecule has 0 heterocycles. The van der Waals surface area contributed by atoms with Crippen molar-refractivity contribution in [3.05, 3.63) is 18.2 Å². The van der Waals surface area contributed by atoms with Gasteiger partial charge in [0.2, 0.25) is 5.91 Å². The second-order valence-corrected chi connectivity index (χ2v) is 5.12. The fourth-order valence-corrected chi connectivity index (χ4v) is 2.18. The van der Waals surface area contributed by atoms with Crippen LogP contribution in [0.2, 0.25) is 0 Å². The molecule has 3 N–H and O–H groups in total. The van der Waals surface area contributed by atoms with Crippen molar-refractivity contribution in [2.45, 2.75) is 46.0 Å². The van der Waals surface area contributed by atoms with Crippen LogP contribution < -0.4 is 15.8 Å². The Morgan fingerprint density at radius 3 is 2.75 bits per heavy atom. The zero-order valence-corrected chi connectivity index (χ0v) is 12.7. The molecule has 0 saturated heterocycles. The first kappa shape index (κ1) is 16.3. The van der Waals surface area contributed by atoms with Gasteiger partial charge in [-0.05, 0) is 24.5 Å². The van der Waals surface area contributed by atoms with Crippen LogP contribution in [-0.2, 0) is 4.79 Å². The number of carbonyl (C=O) groups excluding carboxylic acids is 1. The number of carbonyl (C=O) groups is 1. The van der Waals surface area contributed by atoms with E-state index in [9.17, 15) is 4.79 Å². The van der Waals surface area contributed by atoms with Crippen LogP contribution in [-0.4, -0.2) is 13.0 Å². The molecule has 0 aliphatic heterocycles. The Bertz CT molecular complexity index is 432. The quantitative estimate of drug-likeness (QED) is 0.710. The van der Waals surface area contributed by atoms with E-state index < -0.39 is 0 Å². The smallest absolute Gasteiger partial charge is 0.224 e. The van der Waals surface area contributed by atoms with E-state index in [0.29, 0.717) is 29.5 Å². The number of benzene rings is 1. The Kier molecular flexibility index (Phi) is 6.91. The van der Waals surface area contributed by atoms with Crippen molar-refractivity contribution in [2.75, 3.05) is 18.2 Å². The molecule has 0 aliphatic rings. The van der Waals surface area contributed by atoms with Gasteiger partial charge in [-0.15, -0.1) is 0 Å². The Labute approximate surface area is 121 Å². The van der Waals surface area contributed by atoms with Gasteiger partial charge in [0.1, 0.15) is 5.75 Å². The minimum absolute atomic E-state index is 0.0212. The van der Waals surface area contributed by atoms with Gasteiger partial charge >= 0.3 is 0 Å². The predicted octanol–water partition coefficient (Wildman–Crippen LogP) is 3.82. The molecule has 1 aromatic carbocycles. The second kappa shape index (κ2) is 8.46. The molecule has 4 nitrogen and oxygen atoms in total. The van der Waals surface area contributed by atoms with Gasteiger partial charge < -0.3 is 15.8 Å². The first-order valence-electron chi connectivity index (χ1n) is 7.34. The van der Waals surface area contributed by atoms with Crippen LogP contribution in [0.15, 0.2) is 18.2 Å². The van der Waals surface area contributed by atoms with Crippen molar-refractivity contribution in [3.8, 4) is 5.75 Å². The van der Waals surface area contributed by atoms with Crippen LogP contribution in [0.3, 0.4) is 0 Å². The average Bonchev–Trinajstić information content (AvgIpc) is 2.45. The molecule has 112 valence electrons. The number of nitrogen functional groups attached to an aromatic ring is 1. The fraction of sp³-hybridized carbons (Fsp3) is 0.562. The molecular weight excluding hydrogens is 252 g/mol. The molecule has 1 aromatic rings. The molecule has 0 fully saturated rings. The summed E-state index contributed by atoms with van der Waals surface area (Å²) in [7, 11) is 1.59. The summed E-state index contributed by atoms with van der Waals surface area (Å²) in [5, 5.41) is 2.88. The highest BCUT2D eigenvalue weighted by Crippen LogP contribution is 2.25. The predicted molar refractivity (Wildman–Crippen MR) is 84.0 cm³/mol. The van der Waals surface area contributed by atoms with Gasteiger partial charge in [0, 0.05) is 12.5 Å². The molecule has 1 rings (SSSR count). The van der Waals surface area contributed by atoms with E-state index >= 15 is 0 Å². The number of nitrogens with two attached hydrogens (primary N) is 1. The Balaban J connectivity index is 2.61. The monoisotopic (exact) mass is 278 g/mol. The van der Waals surface area contributed by atoms with Crippen LogP contribution in [0.4, 0.5) is 11.4 Å². The molecule has 1 atom stereocenters. The summed E-state index contributed by atoms with van der Waals surface area (Å²) in [5.74, 6) is 1.15. The fourth-order valence-electron chi connectivity index (χ4n) is 2.18. The molecule has 20 heavy (non-hydrogen) atoms. The highest BCUT2D eigenvalue weighted by molar-refractivity contribution is 5.94. The summed E-state index contributed by atoms with van der Waals surface area (Å²) in [6.45, 7) is 4.30. The van der Waals surface area contributed by atoms with Crippen molar-refractivity contribution in [3.63, 3.8) is 0 Å². The van der Waals surface area contributed by atoms with E-state index in [1.165, 1.54) is 12.8 Å². The molecule has 1 amide bonds. The standard InChI is InChI=1S/C16H26N2O2/c1-4-6-7-12(5-2)10-16(19)18-15-11-13(20-3)8-9-14(15)17/h8-9,11-12H,4-7,10,17H2,1-3H3,(H,18,19). The summed E-state index contributed by atoms with van der Waals surface area (Å²) in [6, 6.07) is 5.27. The lowest BCUT2D eigenvalue weighted by atomic mass is 9.95. The molecule has 0 saturated carbocycles. The maximum Gasteiger partial charge on any atom is 0.224 e. The zero-order chi connectivity index (χ0) is 15.0. The third kappa shape index (κ3) is 5.11. The molecule has 0 bridgehead atoms. The van der Waals surface area contributed by atoms with Gasteiger partial charge in [0.05, 0.1) is 18.5 Å². The second-order valence-electron chi connectivity index (χ2n) is 5.12. The van der Waals surface area contributed by atoms with E-state index in [1.807, 2.05) is 0 Å². The minimum Gasteiger partial charge on any atom is -0.497 e. The first-order chi connectivity index (χ1) is 9.60. The number of methoxy groups -OCH3 is 1. The van der Waals surface area contributed by atoms with Gasteiger partial charge in [-0.1, -0.05) is 33.1 Å². The number of anilines is 2. The number of rotatable bonds is 8. The molecule has 0 aromatic heterocycles. The lowest BCUT2D eigenvalue weighted by Gasteiger charge is -2.15. The SMILES string of the molecule is CCCCC(CC)CC(=O)Nc1cc(OC)ccc1N. The van der Waals surface area contributed by atoms with E-state index in [4.69, 9.17) is 10.5 Å².